The zero-order valence-corrected chi connectivity index (χ0v) is 13.2. The summed E-state index contributed by atoms with van der Waals surface area (Å²) in [7, 11) is 0. The number of carboxylic acid groups (broad SMARTS) is 1. The first-order valence-electron chi connectivity index (χ1n) is 6.59. The van der Waals surface area contributed by atoms with Gasteiger partial charge in [0.2, 0.25) is 5.91 Å². The highest BCUT2D eigenvalue weighted by molar-refractivity contribution is 8.01. The maximum absolute atomic E-state index is 12.0. The molecule has 8 heteroatoms. The van der Waals surface area contributed by atoms with Crippen LogP contribution in [-0.2, 0) is 9.59 Å². The van der Waals surface area contributed by atoms with Crippen LogP contribution in [0.1, 0.15) is 31.7 Å². The third-order valence-electron chi connectivity index (χ3n) is 3.60. The Labute approximate surface area is 131 Å². The fourth-order valence-corrected chi connectivity index (χ4v) is 4.35. The lowest BCUT2D eigenvalue weighted by Gasteiger charge is -2.28. The fourth-order valence-electron chi connectivity index (χ4n) is 2.72. The number of para-hydroxylation sites is 1. The van der Waals surface area contributed by atoms with Crippen LogP contribution in [-0.4, -0.2) is 37.6 Å². The molecule has 1 aromatic carbocycles. The lowest BCUT2D eigenvalue weighted by molar-refractivity contribution is -0.385. The second-order valence-electron chi connectivity index (χ2n) is 5.56. The standard InChI is InChI=1S/C14H16N2O5S/c1-8(17)15-11(13(18)19)14(2,3)22-12(15)9-6-4-5-7-10(9)16(20)21/h4-7,11-12H,1-3H3,(H,18,19)/t11-,12-/m0/s1. The number of carbonyl (C=O) groups excluding carboxylic acids is 1. The van der Waals surface area contributed by atoms with Gasteiger partial charge in [-0.25, -0.2) is 4.79 Å². The number of amides is 1. The van der Waals surface area contributed by atoms with Crippen LogP contribution in [0.5, 0.6) is 0 Å². The molecule has 2 atom stereocenters. The van der Waals surface area contributed by atoms with Crippen molar-refractivity contribution < 1.29 is 19.6 Å². The lowest BCUT2D eigenvalue weighted by Crippen LogP contribution is -2.48. The number of thioether (sulfide) groups is 1. The van der Waals surface area contributed by atoms with Gasteiger partial charge in [0, 0.05) is 17.7 Å². The Morgan fingerprint density at radius 1 is 1.36 bits per heavy atom. The van der Waals surface area contributed by atoms with Crippen molar-refractivity contribution in [2.24, 2.45) is 0 Å². The number of benzene rings is 1. The minimum Gasteiger partial charge on any atom is -0.480 e. The summed E-state index contributed by atoms with van der Waals surface area (Å²) < 4.78 is -0.758. The molecule has 118 valence electrons. The zero-order chi connectivity index (χ0) is 16.7. The van der Waals surface area contributed by atoms with E-state index in [2.05, 4.69) is 0 Å². The van der Waals surface area contributed by atoms with Gasteiger partial charge in [0.1, 0.15) is 11.4 Å². The van der Waals surface area contributed by atoms with Gasteiger partial charge in [0.05, 0.1) is 10.5 Å². The Bertz CT molecular complexity index is 646. The zero-order valence-electron chi connectivity index (χ0n) is 12.3. The van der Waals surface area contributed by atoms with Crippen molar-refractivity contribution in [3.8, 4) is 0 Å². The smallest absolute Gasteiger partial charge is 0.327 e. The van der Waals surface area contributed by atoms with E-state index in [1.165, 1.54) is 29.7 Å². The number of hydrogen-bond acceptors (Lipinski definition) is 5. The molecule has 1 N–H and O–H groups in total. The lowest BCUT2D eigenvalue weighted by atomic mass is 10.0. The summed E-state index contributed by atoms with van der Waals surface area (Å²) in [5, 5.41) is 20.0. The molecule has 0 spiro atoms. The van der Waals surface area contributed by atoms with Crippen molar-refractivity contribution in [2.45, 2.75) is 36.9 Å². The van der Waals surface area contributed by atoms with E-state index in [9.17, 15) is 24.8 Å². The molecule has 0 saturated carbocycles. The van der Waals surface area contributed by atoms with Crippen molar-refractivity contribution in [3.05, 3.63) is 39.9 Å². The Morgan fingerprint density at radius 2 is 1.95 bits per heavy atom. The van der Waals surface area contributed by atoms with Crippen LogP contribution in [0, 0.1) is 10.1 Å². The van der Waals surface area contributed by atoms with Gasteiger partial charge in [-0.2, -0.15) is 0 Å². The molecule has 1 fully saturated rings. The summed E-state index contributed by atoms with van der Waals surface area (Å²) in [6.45, 7) is 4.72. The summed E-state index contributed by atoms with van der Waals surface area (Å²) in [4.78, 5) is 35.5. The molecule has 1 amide bonds. The molecule has 7 nitrogen and oxygen atoms in total. The normalized spacial score (nSPS) is 23.3. The van der Waals surface area contributed by atoms with Crippen molar-refractivity contribution in [3.63, 3.8) is 0 Å². The first kappa shape index (κ1) is 16.3. The molecule has 0 aliphatic carbocycles. The van der Waals surface area contributed by atoms with Gasteiger partial charge in [0.15, 0.2) is 0 Å². The van der Waals surface area contributed by atoms with Gasteiger partial charge in [-0.15, -0.1) is 11.8 Å². The van der Waals surface area contributed by atoms with E-state index in [0.717, 1.165) is 0 Å². The van der Waals surface area contributed by atoms with Crippen LogP contribution in [0.3, 0.4) is 0 Å². The van der Waals surface area contributed by atoms with Gasteiger partial charge in [-0.05, 0) is 19.9 Å². The number of nitro benzene ring substituents is 1. The van der Waals surface area contributed by atoms with Crippen LogP contribution >= 0.6 is 11.8 Å². The van der Waals surface area contributed by atoms with E-state index in [0.29, 0.717) is 5.56 Å². The van der Waals surface area contributed by atoms with E-state index < -0.39 is 33.0 Å². The summed E-state index contributed by atoms with van der Waals surface area (Å²) in [5.41, 5.74) is 0.220. The van der Waals surface area contributed by atoms with Gasteiger partial charge >= 0.3 is 5.97 Å². The van der Waals surface area contributed by atoms with Crippen LogP contribution in [0.25, 0.3) is 0 Å². The van der Waals surface area contributed by atoms with Crippen molar-refractivity contribution in [1.82, 2.24) is 4.90 Å². The summed E-state index contributed by atoms with van der Waals surface area (Å²) in [6, 6.07) is 5.06. The minimum atomic E-state index is -1.12. The monoisotopic (exact) mass is 324 g/mol. The van der Waals surface area contributed by atoms with E-state index in [1.807, 2.05) is 0 Å². The van der Waals surface area contributed by atoms with Gasteiger partial charge in [-0.1, -0.05) is 12.1 Å². The van der Waals surface area contributed by atoms with Gasteiger partial charge in [0.25, 0.3) is 5.69 Å². The highest BCUT2D eigenvalue weighted by Gasteiger charge is 2.54. The maximum Gasteiger partial charge on any atom is 0.327 e. The first-order chi connectivity index (χ1) is 10.2. The van der Waals surface area contributed by atoms with E-state index >= 15 is 0 Å². The highest BCUT2D eigenvalue weighted by Crippen LogP contribution is 2.53. The average molecular weight is 324 g/mol. The minimum absolute atomic E-state index is 0.118. The molecular formula is C14H16N2O5S. The highest BCUT2D eigenvalue weighted by atomic mass is 32.2. The van der Waals surface area contributed by atoms with E-state index in [-0.39, 0.29) is 5.69 Å². The van der Waals surface area contributed by atoms with E-state index in [4.69, 9.17) is 0 Å². The number of aliphatic carboxylic acids is 1. The molecule has 0 radical (unpaired) electrons. The molecule has 1 heterocycles. The Hall–Kier alpha value is -2.09. The van der Waals surface area contributed by atoms with E-state index in [1.54, 1.807) is 32.0 Å². The predicted octanol–water partition coefficient (Wildman–Crippen LogP) is 2.42. The summed E-state index contributed by atoms with van der Waals surface area (Å²) in [6.07, 6.45) is 0. The fraction of sp³-hybridized carbons (Fsp3) is 0.429. The molecule has 0 aromatic heterocycles. The molecule has 2 rings (SSSR count). The molecule has 22 heavy (non-hydrogen) atoms. The first-order valence-corrected chi connectivity index (χ1v) is 7.47. The van der Waals surface area contributed by atoms with Crippen molar-refractivity contribution in [2.75, 3.05) is 0 Å². The summed E-state index contributed by atoms with van der Waals surface area (Å²) >= 11 is 1.25. The second-order valence-corrected chi connectivity index (χ2v) is 7.29. The van der Waals surface area contributed by atoms with Crippen LogP contribution in [0.15, 0.2) is 24.3 Å². The average Bonchev–Trinajstić information content (AvgIpc) is 2.70. The van der Waals surface area contributed by atoms with Crippen LogP contribution < -0.4 is 0 Å². The quantitative estimate of drug-likeness (QED) is 0.677. The number of hydrogen-bond donors (Lipinski definition) is 1. The number of nitro groups is 1. The van der Waals surface area contributed by atoms with Gasteiger partial charge < -0.3 is 10.0 Å². The molecule has 0 unspecified atom stereocenters. The molecule has 1 saturated heterocycles. The third-order valence-corrected chi connectivity index (χ3v) is 5.14. The van der Waals surface area contributed by atoms with Crippen molar-refractivity contribution in [1.29, 1.82) is 0 Å². The van der Waals surface area contributed by atoms with Crippen LogP contribution in [0.4, 0.5) is 5.69 Å². The number of carboxylic acids is 1. The largest absolute Gasteiger partial charge is 0.480 e. The molecule has 0 bridgehead atoms. The Balaban J connectivity index is 2.58. The molecule has 1 aliphatic rings. The summed E-state index contributed by atoms with van der Waals surface area (Å²) in [5.74, 6) is -1.54. The number of nitrogens with zero attached hydrogens (tertiary/aromatic N) is 2. The second kappa shape index (κ2) is 5.60. The SMILES string of the molecule is CC(=O)N1[C@@H](C(=O)O)C(C)(C)S[C@H]1c1ccccc1[N+](=O)[O-]. The third kappa shape index (κ3) is 2.66. The molecular weight excluding hydrogens is 308 g/mol. The predicted molar refractivity (Wildman–Crippen MR) is 81.5 cm³/mol. The van der Waals surface area contributed by atoms with Crippen molar-refractivity contribution >= 4 is 29.3 Å². The Morgan fingerprint density at radius 3 is 2.45 bits per heavy atom. The van der Waals surface area contributed by atoms with Gasteiger partial charge in [-0.3, -0.25) is 14.9 Å². The molecule has 1 aromatic rings. The topological polar surface area (TPSA) is 101 Å². The Kier molecular flexibility index (Phi) is 4.15. The van der Waals surface area contributed by atoms with Crippen LogP contribution in [0.2, 0.25) is 0 Å². The number of rotatable bonds is 3. The molecule has 1 aliphatic heterocycles. The number of carbonyl (C=O) groups is 2. The maximum atomic E-state index is 12.0.